The lowest BCUT2D eigenvalue weighted by Gasteiger charge is -2.33. The third kappa shape index (κ3) is 1.51. The van der Waals surface area contributed by atoms with Crippen LogP contribution >= 0.6 is 0 Å². The molecule has 0 spiro atoms. The van der Waals surface area contributed by atoms with Gasteiger partial charge in [-0.15, -0.1) is 0 Å². The first-order chi connectivity index (χ1) is 6.72. The molecule has 1 fully saturated rings. The van der Waals surface area contributed by atoms with E-state index in [1.807, 2.05) is 17.7 Å². The molecule has 0 bridgehead atoms. The highest BCUT2D eigenvalue weighted by atomic mass is 15.3. The molecule has 0 aliphatic heterocycles. The molecular weight excluding hydrogens is 174 g/mol. The van der Waals surface area contributed by atoms with Crippen LogP contribution in [0, 0.1) is 12.8 Å². The first-order valence-electron chi connectivity index (χ1n) is 5.54. The molecule has 1 saturated carbocycles. The van der Waals surface area contributed by atoms with Crippen LogP contribution in [0.2, 0.25) is 0 Å². The summed E-state index contributed by atoms with van der Waals surface area (Å²) < 4.78 is 2.03. The van der Waals surface area contributed by atoms with Crippen molar-refractivity contribution in [2.24, 2.45) is 5.92 Å². The molecule has 2 N–H and O–H groups in total. The zero-order valence-corrected chi connectivity index (χ0v) is 9.03. The summed E-state index contributed by atoms with van der Waals surface area (Å²) in [6.07, 6.45) is 5.20. The molecule has 0 radical (unpaired) electrons. The van der Waals surface area contributed by atoms with Crippen LogP contribution in [0.25, 0.3) is 0 Å². The normalized spacial score (nSPS) is 19.3. The average Bonchev–Trinajstić information content (AvgIpc) is 2.37. The first kappa shape index (κ1) is 9.56. The maximum atomic E-state index is 5.93. The van der Waals surface area contributed by atoms with E-state index in [9.17, 15) is 0 Å². The summed E-state index contributed by atoms with van der Waals surface area (Å²) in [4.78, 5) is 0. The number of nitrogens with two attached hydrogens (primary N) is 1. The number of hydrogen-bond acceptors (Lipinski definition) is 2. The lowest BCUT2D eigenvalue weighted by Crippen LogP contribution is -2.26. The van der Waals surface area contributed by atoms with E-state index in [4.69, 9.17) is 5.73 Å². The Morgan fingerprint density at radius 3 is 2.71 bits per heavy atom. The monoisotopic (exact) mass is 193 g/mol. The van der Waals surface area contributed by atoms with Gasteiger partial charge in [-0.2, -0.15) is 5.10 Å². The first-order valence-corrected chi connectivity index (χ1v) is 5.54. The zero-order chi connectivity index (χ0) is 10.1. The van der Waals surface area contributed by atoms with Crippen molar-refractivity contribution in [2.45, 2.75) is 45.6 Å². The molecule has 1 atom stereocenters. The molecule has 0 aromatic carbocycles. The summed E-state index contributed by atoms with van der Waals surface area (Å²) in [7, 11) is 0. The van der Waals surface area contributed by atoms with Crippen LogP contribution in [0.4, 0.5) is 5.82 Å². The van der Waals surface area contributed by atoms with Crippen molar-refractivity contribution in [3.05, 3.63) is 11.8 Å². The molecule has 2 rings (SSSR count). The number of aryl methyl sites for hydroxylation is 1. The smallest absolute Gasteiger partial charge is 0.122 e. The third-order valence-electron chi connectivity index (χ3n) is 3.31. The molecule has 78 valence electrons. The Bertz CT molecular complexity index is 312. The van der Waals surface area contributed by atoms with Crippen LogP contribution in [0.3, 0.4) is 0 Å². The standard InChI is InChI=1S/C11H19N3/c1-3-10(9-5-4-6-9)14-11(12)7-8(2)13-14/h7,9-10H,3-6,12H2,1-2H3. The number of hydrogen-bond donors (Lipinski definition) is 1. The van der Waals surface area contributed by atoms with Gasteiger partial charge in [-0.3, -0.25) is 0 Å². The Balaban J connectivity index is 2.21. The number of nitrogens with zero attached hydrogens (tertiary/aromatic N) is 2. The fourth-order valence-corrected chi connectivity index (χ4v) is 2.33. The molecule has 14 heavy (non-hydrogen) atoms. The highest BCUT2D eigenvalue weighted by Gasteiger charge is 2.28. The third-order valence-corrected chi connectivity index (χ3v) is 3.31. The number of nitrogen functional groups attached to an aromatic ring is 1. The summed E-state index contributed by atoms with van der Waals surface area (Å²) >= 11 is 0. The van der Waals surface area contributed by atoms with Crippen LogP contribution in [-0.4, -0.2) is 9.78 Å². The Kier molecular flexibility index (Phi) is 2.48. The van der Waals surface area contributed by atoms with E-state index >= 15 is 0 Å². The Morgan fingerprint density at radius 2 is 2.36 bits per heavy atom. The van der Waals surface area contributed by atoms with Crippen molar-refractivity contribution in [3.63, 3.8) is 0 Å². The Hall–Kier alpha value is -0.990. The van der Waals surface area contributed by atoms with Crippen molar-refractivity contribution in [1.82, 2.24) is 9.78 Å². The number of rotatable bonds is 3. The van der Waals surface area contributed by atoms with Gasteiger partial charge in [0.05, 0.1) is 11.7 Å². The molecule has 0 amide bonds. The number of aromatic nitrogens is 2. The summed E-state index contributed by atoms with van der Waals surface area (Å²) in [5.41, 5.74) is 6.96. The van der Waals surface area contributed by atoms with Crippen LogP contribution in [0.15, 0.2) is 6.07 Å². The second-order valence-corrected chi connectivity index (χ2v) is 4.32. The predicted molar refractivity (Wildman–Crippen MR) is 58.0 cm³/mol. The summed E-state index contributed by atoms with van der Waals surface area (Å²) in [5.74, 6) is 1.63. The minimum atomic E-state index is 0.525. The van der Waals surface area contributed by atoms with Crippen LogP contribution in [0.1, 0.15) is 44.3 Å². The van der Waals surface area contributed by atoms with Crippen LogP contribution in [-0.2, 0) is 0 Å². The molecular formula is C11H19N3. The van der Waals surface area contributed by atoms with E-state index in [1.165, 1.54) is 19.3 Å². The SMILES string of the molecule is CCC(C1CCC1)n1nc(C)cc1N. The minimum Gasteiger partial charge on any atom is -0.384 e. The van der Waals surface area contributed by atoms with Crippen molar-refractivity contribution in [3.8, 4) is 0 Å². The van der Waals surface area contributed by atoms with Gasteiger partial charge in [-0.25, -0.2) is 4.68 Å². The van der Waals surface area contributed by atoms with Crippen LogP contribution < -0.4 is 5.73 Å². The molecule has 1 aliphatic carbocycles. The molecule has 1 aromatic rings. The molecule has 1 heterocycles. The Labute approximate surface area is 85.3 Å². The van der Waals surface area contributed by atoms with Gasteiger partial charge in [-0.1, -0.05) is 13.3 Å². The fourth-order valence-electron chi connectivity index (χ4n) is 2.33. The van der Waals surface area contributed by atoms with Gasteiger partial charge in [-0.05, 0) is 32.1 Å². The average molecular weight is 193 g/mol. The van der Waals surface area contributed by atoms with Gasteiger partial charge in [0.15, 0.2) is 0 Å². The van der Waals surface area contributed by atoms with Gasteiger partial charge in [0.1, 0.15) is 5.82 Å². The van der Waals surface area contributed by atoms with E-state index in [1.54, 1.807) is 0 Å². The van der Waals surface area contributed by atoms with Crippen LogP contribution in [0.5, 0.6) is 0 Å². The van der Waals surface area contributed by atoms with E-state index in [-0.39, 0.29) is 0 Å². The van der Waals surface area contributed by atoms with Gasteiger partial charge < -0.3 is 5.73 Å². The maximum absolute atomic E-state index is 5.93. The van der Waals surface area contributed by atoms with Gasteiger partial charge >= 0.3 is 0 Å². The second-order valence-electron chi connectivity index (χ2n) is 4.32. The molecule has 3 nitrogen and oxygen atoms in total. The maximum Gasteiger partial charge on any atom is 0.122 e. The molecule has 0 saturated heterocycles. The summed E-state index contributed by atoms with van der Waals surface area (Å²) in [5, 5.41) is 4.48. The lowest BCUT2D eigenvalue weighted by atomic mass is 9.79. The van der Waals surface area contributed by atoms with Crippen molar-refractivity contribution in [2.75, 3.05) is 5.73 Å². The van der Waals surface area contributed by atoms with Crippen molar-refractivity contribution >= 4 is 5.82 Å². The molecule has 3 heteroatoms. The predicted octanol–water partition coefficient (Wildman–Crippen LogP) is 2.52. The zero-order valence-electron chi connectivity index (χ0n) is 9.03. The van der Waals surface area contributed by atoms with Crippen molar-refractivity contribution in [1.29, 1.82) is 0 Å². The van der Waals surface area contributed by atoms with E-state index < -0.39 is 0 Å². The largest absolute Gasteiger partial charge is 0.384 e. The summed E-state index contributed by atoms with van der Waals surface area (Å²) in [6.45, 7) is 4.22. The molecule has 1 aliphatic rings. The quantitative estimate of drug-likeness (QED) is 0.801. The van der Waals surface area contributed by atoms with E-state index in [0.717, 1.165) is 23.9 Å². The molecule has 1 aromatic heterocycles. The lowest BCUT2D eigenvalue weighted by molar-refractivity contribution is 0.193. The molecule has 1 unspecified atom stereocenters. The minimum absolute atomic E-state index is 0.525. The second kappa shape index (κ2) is 3.64. The Morgan fingerprint density at radius 1 is 1.64 bits per heavy atom. The fraction of sp³-hybridized carbons (Fsp3) is 0.727. The van der Waals surface area contributed by atoms with E-state index in [0.29, 0.717) is 6.04 Å². The van der Waals surface area contributed by atoms with Crippen molar-refractivity contribution < 1.29 is 0 Å². The highest BCUT2D eigenvalue weighted by molar-refractivity contribution is 5.31. The number of anilines is 1. The van der Waals surface area contributed by atoms with Gasteiger partial charge in [0.2, 0.25) is 0 Å². The van der Waals surface area contributed by atoms with Gasteiger partial charge in [0, 0.05) is 6.07 Å². The summed E-state index contributed by atoms with van der Waals surface area (Å²) in [6, 6.07) is 2.49. The topological polar surface area (TPSA) is 43.8 Å². The van der Waals surface area contributed by atoms with E-state index in [2.05, 4.69) is 12.0 Å². The van der Waals surface area contributed by atoms with Gasteiger partial charge in [0.25, 0.3) is 0 Å². The highest BCUT2D eigenvalue weighted by Crippen LogP contribution is 2.38.